The van der Waals surface area contributed by atoms with Gasteiger partial charge in [-0.3, -0.25) is 0 Å². The minimum absolute atomic E-state index is 0.0769. The number of carbonyl (C=O) groups is 1. The van der Waals surface area contributed by atoms with Crippen molar-refractivity contribution in [2.75, 3.05) is 5.32 Å². The first kappa shape index (κ1) is 14.1. The van der Waals surface area contributed by atoms with Crippen molar-refractivity contribution in [1.29, 1.82) is 0 Å². The van der Waals surface area contributed by atoms with Gasteiger partial charge in [0, 0.05) is 0 Å². The molecule has 2 N–H and O–H groups in total. The van der Waals surface area contributed by atoms with Crippen LogP contribution in [0.5, 0.6) is 5.75 Å². The topological polar surface area (TPSA) is 71.5 Å². The van der Waals surface area contributed by atoms with Crippen LogP contribution in [0.2, 0.25) is 0 Å². The third-order valence-corrected chi connectivity index (χ3v) is 2.20. The summed E-state index contributed by atoms with van der Waals surface area (Å²) < 4.78 is 27.9. The normalized spacial score (nSPS) is 12.6. The Kier molecular flexibility index (Phi) is 4.82. The lowest BCUT2D eigenvalue weighted by molar-refractivity contribution is -0.138. The van der Waals surface area contributed by atoms with Gasteiger partial charge in [0.15, 0.2) is 0 Å². The number of pyridine rings is 1. The van der Waals surface area contributed by atoms with Crippen LogP contribution in [0.4, 0.5) is 14.6 Å². The smallest absolute Gasteiger partial charge is 0.387 e. The predicted molar refractivity (Wildman–Crippen MR) is 60.8 cm³/mol. The highest BCUT2D eigenvalue weighted by molar-refractivity contribution is 5.77. The number of hydrogen-bond donors (Lipinski definition) is 2. The molecule has 0 aliphatic heterocycles. The lowest BCUT2D eigenvalue weighted by atomic mass is 10.1. The first-order chi connectivity index (χ1) is 8.40. The van der Waals surface area contributed by atoms with Crippen LogP contribution in [0.1, 0.15) is 13.8 Å². The van der Waals surface area contributed by atoms with Gasteiger partial charge in [-0.25, -0.2) is 9.78 Å². The van der Waals surface area contributed by atoms with Crippen molar-refractivity contribution >= 4 is 11.8 Å². The van der Waals surface area contributed by atoms with E-state index in [2.05, 4.69) is 15.0 Å². The lowest BCUT2D eigenvalue weighted by Gasteiger charge is -2.18. The van der Waals surface area contributed by atoms with E-state index in [1.165, 1.54) is 12.1 Å². The van der Waals surface area contributed by atoms with Crippen LogP contribution < -0.4 is 10.1 Å². The maximum absolute atomic E-state index is 11.9. The number of anilines is 1. The van der Waals surface area contributed by atoms with Gasteiger partial charge >= 0.3 is 12.6 Å². The molecule has 0 aliphatic carbocycles. The summed E-state index contributed by atoms with van der Waals surface area (Å²) in [7, 11) is 0. The van der Waals surface area contributed by atoms with Gasteiger partial charge in [0.2, 0.25) is 0 Å². The zero-order valence-electron chi connectivity index (χ0n) is 9.93. The number of nitrogens with one attached hydrogen (secondary N) is 1. The molecule has 1 rings (SSSR count). The van der Waals surface area contributed by atoms with Gasteiger partial charge in [0.05, 0.1) is 6.20 Å². The SMILES string of the molecule is CC(C)[C@H](Nc1ccc(OC(F)F)cn1)C(=O)O. The molecule has 0 spiro atoms. The zero-order valence-corrected chi connectivity index (χ0v) is 9.93. The van der Waals surface area contributed by atoms with Crippen LogP contribution in [0.15, 0.2) is 18.3 Å². The lowest BCUT2D eigenvalue weighted by Crippen LogP contribution is -2.34. The van der Waals surface area contributed by atoms with E-state index in [-0.39, 0.29) is 17.5 Å². The molecule has 0 saturated carbocycles. The monoisotopic (exact) mass is 260 g/mol. The Hall–Kier alpha value is -1.92. The van der Waals surface area contributed by atoms with Gasteiger partial charge in [-0.1, -0.05) is 13.8 Å². The second-order valence-corrected chi connectivity index (χ2v) is 3.96. The number of rotatable bonds is 6. The summed E-state index contributed by atoms with van der Waals surface area (Å²) in [5.74, 6) is -0.925. The van der Waals surface area contributed by atoms with Crippen molar-refractivity contribution in [3.8, 4) is 5.75 Å². The fourth-order valence-electron chi connectivity index (χ4n) is 1.31. The molecule has 5 nitrogen and oxygen atoms in total. The van der Waals surface area contributed by atoms with Gasteiger partial charge in [-0.15, -0.1) is 0 Å². The van der Waals surface area contributed by atoms with Crippen molar-refractivity contribution < 1.29 is 23.4 Å². The fourth-order valence-corrected chi connectivity index (χ4v) is 1.31. The second-order valence-electron chi connectivity index (χ2n) is 3.96. The Morgan fingerprint density at radius 3 is 2.50 bits per heavy atom. The maximum atomic E-state index is 11.9. The summed E-state index contributed by atoms with van der Waals surface area (Å²) in [6.45, 7) is 0.591. The van der Waals surface area contributed by atoms with E-state index in [0.717, 1.165) is 6.20 Å². The third-order valence-electron chi connectivity index (χ3n) is 2.20. The quantitative estimate of drug-likeness (QED) is 0.820. The van der Waals surface area contributed by atoms with Crippen LogP contribution in [0.3, 0.4) is 0 Å². The fraction of sp³-hybridized carbons (Fsp3) is 0.455. The first-order valence-corrected chi connectivity index (χ1v) is 5.30. The molecule has 0 fully saturated rings. The van der Waals surface area contributed by atoms with E-state index in [1.807, 2.05) is 0 Å². The zero-order chi connectivity index (χ0) is 13.7. The summed E-state index contributed by atoms with van der Waals surface area (Å²) in [6, 6.07) is 1.89. The largest absolute Gasteiger partial charge is 0.480 e. The summed E-state index contributed by atoms with van der Waals surface area (Å²) in [5, 5.41) is 11.7. The highest BCUT2D eigenvalue weighted by Crippen LogP contribution is 2.16. The van der Waals surface area contributed by atoms with E-state index in [4.69, 9.17) is 5.11 Å². The average Bonchev–Trinajstić information content (AvgIpc) is 2.26. The molecule has 0 saturated heterocycles. The highest BCUT2D eigenvalue weighted by Gasteiger charge is 2.21. The number of nitrogens with zero attached hydrogens (tertiary/aromatic N) is 1. The van der Waals surface area contributed by atoms with Gasteiger partial charge in [-0.2, -0.15) is 8.78 Å². The molecule has 0 aliphatic rings. The van der Waals surface area contributed by atoms with Crippen LogP contribution in [0, 0.1) is 5.92 Å². The average molecular weight is 260 g/mol. The molecule has 0 bridgehead atoms. The number of carboxylic acids is 1. The van der Waals surface area contributed by atoms with E-state index in [0.29, 0.717) is 0 Å². The van der Waals surface area contributed by atoms with Crippen molar-refractivity contribution in [3.05, 3.63) is 18.3 Å². The van der Waals surface area contributed by atoms with Crippen molar-refractivity contribution in [2.45, 2.75) is 26.5 Å². The molecule has 1 aromatic heterocycles. The Bertz CT molecular complexity index is 396. The number of alkyl halides is 2. The highest BCUT2D eigenvalue weighted by atomic mass is 19.3. The van der Waals surface area contributed by atoms with E-state index in [1.54, 1.807) is 13.8 Å². The number of hydrogen-bond acceptors (Lipinski definition) is 4. The number of aromatic nitrogens is 1. The summed E-state index contributed by atoms with van der Waals surface area (Å²) in [5.41, 5.74) is 0. The number of ether oxygens (including phenoxy) is 1. The summed E-state index contributed by atoms with van der Waals surface area (Å²) in [6.07, 6.45) is 1.10. The maximum Gasteiger partial charge on any atom is 0.387 e. The van der Waals surface area contributed by atoms with Gasteiger partial charge in [0.25, 0.3) is 0 Å². The van der Waals surface area contributed by atoms with E-state index < -0.39 is 18.6 Å². The van der Waals surface area contributed by atoms with Crippen LogP contribution >= 0.6 is 0 Å². The molecule has 0 amide bonds. The van der Waals surface area contributed by atoms with Gasteiger partial charge in [0.1, 0.15) is 17.6 Å². The van der Waals surface area contributed by atoms with E-state index >= 15 is 0 Å². The van der Waals surface area contributed by atoms with Crippen molar-refractivity contribution in [1.82, 2.24) is 4.98 Å². The second kappa shape index (κ2) is 6.13. The molecule has 18 heavy (non-hydrogen) atoms. The molecule has 7 heteroatoms. The van der Waals surface area contributed by atoms with Crippen molar-refractivity contribution in [2.24, 2.45) is 5.92 Å². The minimum atomic E-state index is -2.91. The molecule has 0 unspecified atom stereocenters. The van der Waals surface area contributed by atoms with Gasteiger partial charge in [-0.05, 0) is 18.1 Å². The molecule has 100 valence electrons. The Morgan fingerprint density at radius 2 is 2.11 bits per heavy atom. The first-order valence-electron chi connectivity index (χ1n) is 5.30. The molecule has 0 aromatic carbocycles. The standard InChI is InChI=1S/C11H14F2N2O3/c1-6(2)9(10(16)17)15-8-4-3-7(5-14-8)18-11(12)13/h3-6,9,11H,1-2H3,(H,14,15)(H,16,17)/t9-/m0/s1. The molecule has 1 aromatic rings. The molecular formula is C11H14F2N2O3. The molecule has 1 atom stereocenters. The van der Waals surface area contributed by atoms with E-state index in [9.17, 15) is 13.6 Å². The third kappa shape index (κ3) is 4.15. The summed E-state index contributed by atoms with van der Waals surface area (Å²) >= 11 is 0. The van der Waals surface area contributed by atoms with Gasteiger partial charge < -0.3 is 15.2 Å². The Labute approximate surface area is 103 Å². The van der Waals surface area contributed by atoms with Crippen LogP contribution in [-0.4, -0.2) is 28.7 Å². The Balaban J connectivity index is 2.70. The molecule has 1 heterocycles. The number of aliphatic carboxylic acids is 1. The predicted octanol–water partition coefficient (Wildman–Crippen LogP) is 2.20. The van der Waals surface area contributed by atoms with Crippen molar-refractivity contribution in [3.63, 3.8) is 0 Å². The van der Waals surface area contributed by atoms with Crippen LogP contribution in [-0.2, 0) is 4.79 Å². The Morgan fingerprint density at radius 1 is 1.44 bits per heavy atom. The number of halogens is 2. The summed E-state index contributed by atoms with van der Waals surface area (Å²) in [4.78, 5) is 14.7. The molecular weight excluding hydrogens is 246 g/mol. The van der Waals surface area contributed by atoms with Crippen LogP contribution in [0.25, 0.3) is 0 Å². The number of carboxylic acid groups (broad SMARTS) is 1. The molecule has 0 radical (unpaired) electrons. The minimum Gasteiger partial charge on any atom is -0.480 e.